The van der Waals surface area contributed by atoms with Crippen molar-refractivity contribution in [3.63, 3.8) is 0 Å². The van der Waals surface area contributed by atoms with Crippen molar-refractivity contribution >= 4 is 11.5 Å². The maximum Gasteiger partial charge on any atom is 0.200 e. The van der Waals surface area contributed by atoms with Crippen LogP contribution in [0, 0.1) is 0 Å². The summed E-state index contributed by atoms with van der Waals surface area (Å²) in [5.41, 5.74) is 0.633. The molecule has 1 aliphatic rings. The zero-order chi connectivity index (χ0) is 12.4. The van der Waals surface area contributed by atoms with Crippen molar-refractivity contribution in [2.24, 2.45) is 0 Å². The molecule has 7 nitrogen and oxygen atoms in total. The van der Waals surface area contributed by atoms with Gasteiger partial charge in [0.15, 0.2) is 11.5 Å². The van der Waals surface area contributed by atoms with E-state index in [0.29, 0.717) is 18.2 Å². The Bertz CT molecular complexity index is 521. The zero-order valence-corrected chi connectivity index (χ0v) is 10.1. The Kier molecular flexibility index (Phi) is 3.06. The maximum atomic E-state index is 9.22. The Morgan fingerprint density at radius 3 is 2.94 bits per heavy atom. The van der Waals surface area contributed by atoms with E-state index >= 15 is 0 Å². The lowest BCUT2D eigenvalue weighted by Gasteiger charge is -2.28. The van der Waals surface area contributed by atoms with Gasteiger partial charge in [-0.3, -0.25) is 0 Å². The number of nitrogens with zero attached hydrogens (tertiary/aromatic N) is 6. The van der Waals surface area contributed by atoms with E-state index in [1.165, 1.54) is 17.5 Å². The number of aromatic nitrogens is 5. The van der Waals surface area contributed by atoms with Crippen LogP contribution in [0.4, 0.5) is 5.82 Å². The summed E-state index contributed by atoms with van der Waals surface area (Å²) >= 11 is 0. The van der Waals surface area contributed by atoms with Crippen LogP contribution in [0.1, 0.15) is 25.7 Å². The summed E-state index contributed by atoms with van der Waals surface area (Å²) in [6.07, 6.45) is 4.82. The first kappa shape index (κ1) is 11.3. The first-order valence-electron chi connectivity index (χ1n) is 6.31. The maximum absolute atomic E-state index is 9.22. The highest BCUT2D eigenvalue weighted by molar-refractivity contribution is 5.45. The summed E-state index contributed by atoms with van der Waals surface area (Å²) in [5.74, 6) is 0.829. The molecule has 0 amide bonds. The molecule has 0 radical (unpaired) electrons. The number of anilines is 1. The summed E-state index contributed by atoms with van der Waals surface area (Å²) in [6, 6.07) is 4.24. The molecule has 3 rings (SSSR count). The van der Waals surface area contributed by atoms with E-state index < -0.39 is 0 Å². The molecule has 2 heterocycles. The van der Waals surface area contributed by atoms with Gasteiger partial charge in [0.25, 0.3) is 0 Å². The molecular formula is C11H16N6O. The van der Waals surface area contributed by atoms with Crippen LogP contribution in [0.3, 0.4) is 0 Å². The van der Waals surface area contributed by atoms with E-state index in [-0.39, 0.29) is 6.61 Å². The van der Waals surface area contributed by atoms with Crippen LogP contribution in [0.25, 0.3) is 5.65 Å². The summed E-state index contributed by atoms with van der Waals surface area (Å²) in [6.45, 7) is 0.733. The third-order valence-corrected chi connectivity index (χ3v) is 3.46. The molecule has 0 unspecified atom stereocenters. The molecule has 1 fully saturated rings. The fraction of sp³-hybridized carbons (Fsp3) is 0.636. The Balaban J connectivity index is 1.92. The average molecular weight is 248 g/mol. The number of hydrogen-bond donors (Lipinski definition) is 1. The summed E-state index contributed by atoms with van der Waals surface area (Å²) in [4.78, 5) is 2.16. The van der Waals surface area contributed by atoms with Gasteiger partial charge >= 0.3 is 0 Å². The molecule has 1 saturated carbocycles. The lowest BCUT2D eigenvalue weighted by atomic mass is 10.2. The minimum absolute atomic E-state index is 0.131. The van der Waals surface area contributed by atoms with E-state index in [2.05, 4.69) is 25.5 Å². The fourth-order valence-electron chi connectivity index (χ4n) is 2.60. The lowest BCUT2D eigenvalue weighted by molar-refractivity contribution is 0.296. The third-order valence-electron chi connectivity index (χ3n) is 3.46. The van der Waals surface area contributed by atoms with Crippen molar-refractivity contribution in [3.8, 4) is 0 Å². The van der Waals surface area contributed by atoms with E-state index in [9.17, 15) is 5.11 Å². The number of tetrazole rings is 1. The van der Waals surface area contributed by atoms with Gasteiger partial charge in [0.2, 0.25) is 0 Å². The minimum atomic E-state index is 0.131. The van der Waals surface area contributed by atoms with Crippen LogP contribution in [0.15, 0.2) is 12.1 Å². The second-order valence-corrected chi connectivity index (χ2v) is 4.57. The third kappa shape index (κ3) is 2.01. The molecule has 0 aliphatic heterocycles. The molecule has 0 spiro atoms. The minimum Gasteiger partial charge on any atom is -0.395 e. The highest BCUT2D eigenvalue weighted by Gasteiger charge is 2.23. The van der Waals surface area contributed by atoms with Crippen molar-refractivity contribution in [2.75, 3.05) is 18.1 Å². The smallest absolute Gasteiger partial charge is 0.200 e. The van der Waals surface area contributed by atoms with Gasteiger partial charge in [-0.2, -0.15) is 0 Å². The van der Waals surface area contributed by atoms with Crippen LogP contribution in [-0.2, 0) is 0 Å². The van der Waals surface area contributed by atoms with Crippen LogP contribution < -0.4 is 4.90 Å². The van der Waals surface area contributed by atoms with Crippen molar-refractivity contribution in [1.82, 2.24) is 25.3 Å². The topological polar surface area (TPSA) is 79.4 Å². The summed E-state index contributed by atoms with van der Waals surface area (Å²) in [5, 5.41) is 24.8. The predicted octanol–water partition coefficient (Wildman–Crippen LogP) is 0.261. The van der Waals surface area contributed by atoms with Gasteiger partial charge in [0.05, 0.1) is 6.61 Å². The number of rotatable bonds is 4. The fourth-order valence-corrected chi connectivity index (χ4v) is 2.60. The first-order chi connectivity index (χ1) is 8.88. The monoisotopic (exact) mass is 248 g/mol. The van der Waals surface area contributed by atoms with Crippen LogP contribution >= 0.6 is 0 Å². The van der Waals surface area contributed by atoms with Gasteiger partial charge in [-0.15, -0.1) is 14.8 Å². The SMILES string of the molecule is OCCN(c1ccc2nnnn2n1)C1CCCC1. The molecule has 7 heteroatoms. The van der Waals surface area contributed by atoms with E-state index in [1.807, 2.05) is 12.1 Å². The summed E-state index contributed by atoms with van der Waals surface area (Å²) in [7, 11) is 0. The molecule has 96 valence electrons. The Morgan fingerprint density at radius 1 is 1.33 bits per heavy atom. The number of aliphatic hydroxyl groups excluding tert-OH is 1. The predicted molar refractivity (Wildman–Crippen MR) is 65.3 cm³/mol. The zero-order valence-electron chi connectivity index (χ0n) is 10.1. The number of hydrogen-bond acceptors (Lipinski definition) is 6. The first-order valence-corrected chi connectivity index (χ1v) is 6.31. The Labute approximate surface area is 104 Å². The highest BCUT2D eigenvalue weighted by Crippen LogP contribution is 2.26. The van der Waals surface area contributed by atoms with Gasteiger partial charge in [-0.05, 0) is 35.4 Å². The lowest BCUT2D eigenvalue weighted by Crippen LogP contribution is -2.36. The van der Waals surface area contributed by atoms with Gasteiger partial charge in [0.1, 0.15) is 0 Å². The van der Waals surface area contributed by atoms with Crippen molar-refractivity contribution < 1.29 is 5.11 Å². The molecule has 1 N–H and O–H groups in total. The Hall–Kier alpha value is -1.76. The molecule has 0 atom stereocenters. The van der Waals surface area contributed by atoms with Gasteiger partial charge in [0, 0.05) is 12.6 Å². The molecule has 2 aromatic rings. The molecular weight excluding hydrogens is 232 g/mol. The normalized spacial score (nSPS) is 16.5. The standard InChI is InChI=1S/C11H16N6O/c18-8-7-16(9-3-1-2-4-9)11-6-5-10-12-14-15-17(10)13-11/h5-6,9,18H,1-4,7-8H2. The Morgan fingerprint density at radius 2 is 2.17 bits per heavy atom. The molecule has 1 aliphatic carbocycles. The number of fused-ring (bicyclic) bond motifs is 1. The largest absolute Gasteiger partial charge is 0.395 e. The van der Waals surface area contributed by atoms with Crippen LogP contribution in [-0.4, -0.2) is 49.6 Å². The van der Waals surface area contributed by atoms with E-state index in [1.54, 1.807) is 0 Å². The van der Waals surface area contributed by atoms with Crippen molar-refractivity contribution in [3.05, 3.63) is 12.1 Å². The van der Waals surface area contributed by atoms with Gasteiger partial charge < -0.3 is 10.0 Å². The quantitative estimate of drug-likeness (QED) is 0.836. The van der Waals surface area contributed by atoms with Crippen molar-refractivity contribution in [2.45, 2.75) is 31.7 Å². The van der Waals surface area contributed by atoms with E-state index in [0.717, 1.165) is 18.7 Å². The molecule has 0 aromatic carbocycles. The van der Waals surface area contributed by atoms with Crippen LogP contribution in [0.2, 0.25) is 0 Å². The van der Waals surface area contributed by atoms with Crippen molar-refractivity contribution in [1.29, 1.82) is 0 Å². The second-order valence-electron chi connectivity index (χ2n) is 4.57. The summed E-state index contributed by atoms with van der Waals surface area (Å²) < 4.78 is 1.43. The molecule has 2 aromatic heterocycles. The van der Waals surface area contributed by atoms with E-state index in [4.69, 9.17) is 0 Å². The van der Waals surface area contributed by atoms with Crippen LogP contribution in [0.5, 0.6) is 0 Å². The number of aliphatic hydroxyl groups is 1. The van der Waals surface area contributed by atoms with Gasteiger partial charge in [-0.1, -0.05) is 12.8 Å². The highest BCUT2D eigenvalue weighted by atomic mass is 16.3. The van der Waals surface area contributed by atoms with Gasteiger partial charge in [-0.25, -0.2) is 0 Å². The molecule has 18 heavy (non-hydrogen) atoms. The molecule has 0 bridgehead atoms. The molecule has 0 saturated heterocycles. The average Bonchev–Trinajstić information content (AvgIpc) is 3.05. The second kappa shape index (κ2) is 4.85.